The summed E-state index contributed by atoms with van der Waals surface area (Å²) in [6.07, 6.45) is 1.42. The molecular weight excluding hydrogens is 283 g/mol. The molecule has 0 unspecified atom stereocenters. The van der Waals surface area contributed by atoms with E-state index in [2.05, 4.69) is 9.71 Å². The van der Waals surface area contributed by atoms with E-state index in [9.17, 15) is 8.42 Å². The van der Waals surface area contributed by atoms with Crippen molar-refractivity contribution >= 4 is 38.9 Å². The molecule has 0 saturated carbocycles. The first-order valence-electron chi connectivity index (χ1n) is 5.19. The standard InChI is InChI=1S/C10H14Cl2N2O2S/c1-3-4-5-17(15,16)14-9-7(2)6-8(11)13-10(9)12/h6,14H,3-5H2,1-2H3. The molecule has 0 aliphatic heterocycles. The van der Waals surface area contributed by atoms with E-state index in [0.29, 0.717) is 17.7 Å². The molecule has 1 aromatic rings. The Bertz CT molecular complexity index is 480. The van der Waals surface area contributed by atoms with Gasteiger partial charge in [0.1, 0.15) is 5.15 Å². The number of sulfonamides is 1. The lowest BCUT2D eigenvalue weighted by molar-refractivity contribution is 0.598. The van der Waals surface area contributed by atoms with Crippen molar-refractivity contribution in [1.82, 2.24) is 4.98 Å². The third kappa shape index (κ3) is 4.33. The van der Waals surface area contributed by atoms with Crippen LogP contribution in [0.1, 0.15) is 25.3 Å². The highest BCUT2D eigenvalue weighted by Gasteiger charge is 2.15. The van der Waals surface area contributed by atoms with Crippen molar-refractivity contribution < 1.29 is 8.42 Å². The fraction of sp³-hybridized carbons (Fsp3) is 0.500. The lowest BCUT2D eigenvalue weighted by Crippen LogP contribution is -2.17. The van der Waals surface area contributed by atoms with Crippen LogP contribution in [0.3, 0.4) is 0 Å². The Balaban J connectivity index is 2.96. The molecule has 1 heterocycles. The van der Waals surface area contributed by atoms with Crippen LogP contribution in [0.2, 0.25) is 10.3 Å². The summed E-state index contributed by atoms with van der Waals surface area (Å²) in [5, 5.41) is 0.305. The summed E-state index contributed by atoms with van der Waals surface area (Å²) in [6.45, 7) is 3.65. The molecule has 1 aromatic heterocycles. The molecule has 96 valence electrons. The summed E-state index contributed by atoms with van der Waals surface area (Å²) in [7, 11) is -3.37. The van der Waals surface area contributed by atoms with E-state index in [4.69, 9.17) is 23.2 Å². The van der Waals surface area contributed by atoms with Crippen molar-refractivity contribution in [3.63, 3.8) is 0 Å². The highest BCUT2D eigenvalue weighted by atomic mass is 35.5. The lowest BCUT2D eigenvalue weighted by atomic mass is 10.3. The molecule has 0 spiro atoms. The Morgan fingerprint density at radius 3 is 2.59 bits per heavy atom. The number of unbranched alkanes of at least 4 members (excludes halogenated alkanes) is 1. The average molecular weight is 297 g/mol. The second kappa shape index (κ2) is 5.89. The van der Waals surface area contributed by atoms with Crippen molar-refractivity contribution in [3.05, 3.63) is 21.9 Å². The molecule has 1 N–H and O–H groups in total. The zero-order valence-electron chi connectivity index (χ0n) is 9.63. The van der Waals surface area contributed by atoms with E-state index in [-0.39, 0.29) is 16.1 Å². The van der Waals surface area contributed by atoms with Gasteiger partial charge in [-0.25, -0.2) is 13.4 Å². The first-order chi connectivity index (χ1) is 7.85. The summed E-state index contributed by atoms with van der Waals surface area (Å²) in [6, 6.07) is 1.56. The quantitative estimate of drug-likeness (QED) is 0.849. The Labute approximate surface area is 111 Å². The van der Waals surface area contributed by atoms with Crippen LogP contribution in [0.4, 0.5) is 5.69 Å². The zero-order chi connectivity index (χ0) is 13.1. The van der Waals surface area contributed by atoms with Crippen molar-refractivity contribution in [2.24, 2.45) is 0 Å². The number of nitrogens with one attached hydrogen (secondary N) is 1. The molecule has 0 saturated heterocycles. The molecule has 0 fully saturated rings. The van der Waals surface area contributed by atoms with Gasteiger partial charge in [0.15, 0.2) is 5.15 Å². The molecule has 0 radical (unpaired) electrons. The van der Waals surface area contributed by atoms with Gasteiger partial charge in [0.25, 0.3) is 0 Å². The predicted octanol–water partition coefficient (Wildman–Crippen LogP) is 3.24. The minimum Gasteiger partial charge on any atom is -0.280 e. The molecule has 17 heavy (non-hydrogen) atoms. The summed E-state index contributed by atoms with van der Waals surface area (Å²) in [5.74, 6) is 0.0713. The smallest absolute Gasteiger partial charge is 0.232 e. The number of halogens is 2. The monoisotopic (exact) mass is 296 g/mol. The van der Waals surface area contributed by atoms with Crippen molar-refractivity contribution in [2.45, 2.75) is 26.7 Å². The van der Waals surface area contributed by atoms with Gasteiger partial charge >= 0.3 is 0 Å². The number of nitrogens with zero attached hydrogens (tertiary/aromatic N) is 1. The first kappa shape index (κ1) is 14.5. The van der Waals surface area contributed by atoms with Gasteiger partial charge < -0.3 is 0 Å². The molecular formula is C10H14Cl2N2O2S. The van der Waals surface area contributed by atoms with E-state index in [1.54, 1.807) is 13.0 Å². The number of anilines is 1. The molecule has 0 aromatic carbocycles. The highest BCUT2D eigenvalue weighted by molar-refractivity contribution is 7.92. The number of hydrogen-bond acceptors (Lipinski definition) is 3. The van der Waals surface area contributed by atoms with Crippen LogP contribution in [-0.4, -0.2) is 19.2 Å². The molecule has 0 amide bonds. The second-order valence-electron chi connectivity index (χ2n) is 3.70. The van der Waals surface area contributed by atoms with Crippen LogP contribution in [0.25, 0.3) is 0 Å². The Hall–Kier alpha value is -0.520. The molecule has 0 atom stereocenters. The maximum absolute atomic E-state index is 11.7. The van der Waals surface area contributed by atoms with E-state index >= 15 is 0 Å². The first-order valence-corrected chi connectivity index (χ1v) is 7.59. The third-order valence-corrected chi connectivity index (χ3v) is 3.97. The predicted molar refractivity (Wildman–Crippen MR) is 71.3 cm³/mol. The van der Waals surface area contributed by atoms with Crippen molar-refractivity contribution in [2.75, 3.05) is 10.5 Å². The molecule has 7 heteroatoms. The van der Waals surface area contributed by atoms with Gasteiger partial charge in [-0.1, -0.05) is 36.5 Å². The minimum absolute atomic E-state index is 0.0649. The van der Waals surface area contributed by atoms with Gasteiger partial charge in [-0.05, 0) is 25.0 Å². The van der Waals surface area contributed by atoms with Gasteiger partial charge in [0.05, 0.1) is 11.4 Å². The van der Waals surface area contributed by atoms with E-state index in [1.807, 2.05) is 6.92 Å². The van der Waals surface area contributed by atoms with Gasteiger partial charge in [0.2, 0.25) is 10.0 Å². The van der Waals surface area contributed by atoms with Crippen molar-refractivity contribution in [3.8, 4) is 0 Å². The molecule has 4 nitrogen and oxygen atoms in total. The van der Waals surface area contributed by atoms with Crippen LogP contribution < -0.4 is 4.72 Å². The van der Waals surface area contributed by atoms with Gasteiger partial charge in [0, 0.05) is 0 Å². The number of rotatable bonds is 5. The van der Waals surface area contributed by atoms with Crippen molar-refractivity contribution in [1.29, 1.82) is 0 Å². The van der Waals surface area contributed by atoms with Gasteiger partial charge in [-0.2, -0.15) is 0 Å². The van der Waals surface area contributed by atoms with Crippen LogP contribution in [0, 0.1) is 6.92 Å². The lowest BCUT2D eigenvalue weighted by Gasteiger charge is -2.11. The average Bonchev–Trinajstić information content (AvgIpc) is 2.21. The molecule has 0 aliphatic carbocycles. The van der Waals surface area contributed by atoms with Gasteiger partial charge in [-0.3, -0.25) is 4.72 Å². The zero-order valence-corrected chi connectivity index (χ0v) is 12.0. The largest absolute Gasteiger partial charge is 0.280 e. The van der Waals surface area contributed by atoms with Crippen LogP contribution >= 0.6 is 23.2 Å². The summed E-state index contributed by atoms with van der Waals surface area (Å²) < 4.78 is 25.9. The SMILES string of the molecule is CCCCS(=O)(=O)Nc1c(C)cc(Cl)nc1Cl. The fourth-order valence-electron chi connectivity index (χ4n) is 1.26. The number of hydrogen-bond donors (Lipinski definition) is 1. The fourth-order valence-corrected chi connectivity index (χ4v) is 3.23. The Kier molecular flexibility index (Phi) is 5.04. The molecule has 1 rings (SSSR count). The van der Waals surface area contributed by atoms with Crippen LogP contribution in [0.5, 0.6) is 0 Å². The highest BCUT2D eigenvalue weighted by Crippen LogP contribution is 2.27. The second-order valence-corrected chi connectivity index (χ2v) is 6.29. The van der Waals surface area contributed by atoms with Gasteiger partial charge in [-0.15, -0.1) is 0 Å². The van der Waals surface area contributed by atoms with E-state index in [1.165, 1.54) is 0 Å². The molecule has 0 aliphatic rings. The van der Waals surface area contributed by atoms with E-state index < -0.39 is 10.0 Å². The number of pyridine rings is 1. The van der Waals surface area contributed by atoms with E-state index in [0.717, 1.165) is 6.42 Å². The topological polar surface area (TPSA) is 59.1 Å². The maximum atomic E-state index is 11.7. The summed E-state index contributed by atoms with van der Waals surface area (Å²) in [5.41, 5.74) is 0.947. The van der Waals surface area contributed by atoms with Crippen LogP contribution in [0.15, 0.2) is 6.07 Å². The summed E-state index contributed by atoms with van der Waals surface area (Å²) in [4.78, 5) is 3.80. The Morgan fingerprint density at radius 2 is 2.06 bits per heavy atom. The minimum atomic E-state index is -3.37. The Morgan fingerprint density at radius 1 is 1.41 bits per heavy atom. The third-order valence-electron chi connectivity index (χ3n) is 2.17. The number of aryl methyl sites for hydroxylation is 1. The summed E-state index contributed by atoms with van der Waals surface area (Å²) >= 11 is 11.6. The normalized spacial score (nSPS) is 11.5. The maximum Gasteiger partial charge on any atom is 0.232 e. The molecule has 0 bridgehead atoms. The van der Waals surface area contributed by atoms with Crippen LogP contribution in [-0.2, 0) is 10.0 Å². The number of aromatic nitrogens is 1.